The van der Waals surface area contributed by atoms with Crippen LogP contribution in [0.15, 0.2) is 50.8 Å². The third-order valence-corrected chi connectivity index (χ3v) is 14.0. The van der Waals surface area contributed by atoms with Crippen molar-refractivity contribution in [3.63, 3.8) is 0 Å². The molecule has 6 unspecified atom stereocenters. The molecule has 0 saturated carbocycles. The van der Waals surface area contributed by atoms with E-state index in [4.69, 9.17) is 14.2 Å². The fraction of sp³-hybridized carbons (Fsp3) is 0.600. The molecule has 0 amide bonds. The molecule has 0 saturated heterocycles. The van der Waals surface area contributed by atoms with Crippen LogP contribution in [0.25, 0.3) is 0 Å². The Bertz CT molecular complexity index is 2670. The lowest BCUT2D eigenvalue weighted by atomic mass is 9.76. The average molecular weight is 1040 g/mol. The van der Waals surface area contributed by atoms with Crippen molar-refractivity contribution in [1.29, 1.82) is 0 Å². The first-order valence-corrected chi connectivity index (χ1v) is 26.0. The first kappa shape index (κ1) is 61.4. The summed E-state index contributed by atoms with van der Waals surface area (Å²) in [7, 11) is 0. The van der Waals surface area contributed by atoms with Crippen molar-refractivity contribution in [2.45, 2.75) is 235 Å². The van der Waals surface area contributed by atoms with Gasteiger partial charge in [-0.15, -0.1) is 0 Å². The smallest absolute Gasteiger partial charge is 0.342 e. The molecular weight excluding hydrogens is 955 g/mol. The van der Waals surface area contributed by atoms with E-state index >= 15 is 0 Å². The van der Waals surface area contributed by atoms with E-state index in [1.54, 1.807) is 57.2 Å². The SMILES string of the molecule is CC(C(=O)OC(C)n1c(=O)n(C(C)OC(=O)C(C)c2cc(C(C)(C)C)c(O)cc2C(C)(C)C)c(=O)n(C(C)OC(=O)C(C)c2cc(C(C)(C)C)c(O)cc2C(C)(C)C)c1=O)c1cc(C(C)(C)C)c(O)cc1C(C)(C)C. The third-order valence-electron chi connectivity index (χ3n) is 14.0. The number of phenols is 3. The van der Waals surface area contributed by atoms with Gasteiger partial charge in [0.15, 0.2) is 18.7 Å². The van der Waals surface area contributed by atoms with Crippen LogP contribution >= 0.6 is 0 Å². The average Bonchev–Trinajstić information content (AvgIpc) is 3.22. The topological polar surface area (TPSA) is 206 Å². The third kappa shape index (κ3) is 13.1. The minimum Gasteiger partial charge on any atom is -0.508 e. The molecule has 0 bridgehead atoms. The Labute approximate surface area is 444 Å². The molecule has 4 rings (SSSR count). The van der Waals surface area contributed by atoms with Crippen LogP contribution in [0.2, 0.25) is 0 Å². The monoisotopic (exact) mass is 1040 g/mol. The van der Waals surface area contributed by atoms with Gasteiger partial charge >= 0.3 is 35.0 Å². The molecule has 6 atom stereocenters. The Morgan fingerprint density at radius 3 is 0.680 bits per heavy atom. The maximum Gasteiger partial charge on any atom is 0.342 e. The summed E-state index contributed by atoms with van der Waals surface area (Å²) in [5.41, 5.74) is -1.62. The van der Waals surface area contributed by atoms with Crippen molar-refractivity contribution in [2.75, 3.05) is 0 Å². The second-order valence-corrected chi connectivity index (χ2v) is 26.6. The molecular formula is C60H87N3O12. The quantitative estimate of drug-likeness (QED) is 0.0895. The van der Waals surface area contributed by atoms with Gasteiger partial charge in [0.05, 0.1) is 17.8 Å². The number of benzene rings is 3. The molecule has 0 radical (unpaired) electrons. The summed E-state index contributed by atoms with van der Waals surface area (Å²) in [6.07, 6.45) is -5.07. The van der Waals surface area contributed by atoms with E-state index in [0.717, 1.165) is 0 Å². The van der Waals surface area contributed by atoms with Gasteiger partial charge in [0, 0.05) is 0 Å². The van der Waals surface area contributed by atoms with E-state index in [2.05, 4.69) is 0 Å². The number of ether oxygens (including phenoxy) is 3. The summed E-state index contributed by atoms with van der Waals surface area (Å²) in [4.78, 5) is 87.5. The summed E-state index contributed by atoms with van der Waals surface area (Å²) in [6.45, 7) is 43.5. The lowest BCUT2D eigenvalue weighted by Gasteiger charge is -2.30. The number of esters is 3. The molecule has 1 aromatic heterocycles. The minimum absolute atomic E-state index is 0.0626. The van der Waals surface area contributed by atoms with Crippen LogP contribution in [0.1, 0.15) is 253 Å². The highest BCUT2D eigenvalue weighted by molar-refractivity contribution is 5.80. The first-order valence-electron chi connectivity index (χ1n) is 26.0. The first-order chi connectivity index (χ1) is 33.7. The molecule has 15 heteroatoms. The number of phenolic OH excluding ortho intramolecular Hbond substituents is 3. The Balaban J connectivity index is 1.93. The molecule has 414 valence electrons. The van der Waals surface area contributed by atoms with Crippen LogP contribution in [-0.2, 0) is 61.1 Å². The van der Waals surface area contributed by atoms with Gasteiger partial charge in [0.2, 0.25) is 0 Å². The van der Waals surface area contributed by atoms with Gasteiger partial charge in [-0.1, -0.05) is 143 Å². The maximum absolute atomic E-state index is 14.8. The molecule has 4 aromatic rings. The van der Waals surface area contributed by atoms with E-state index in [0.29, 0.717) is 63.8 Å². The van der Waals surface area contributed by atoms with E-state index in [1.807, 2.05) is 125 Å². The number of carbonyl (C=O) groups excluding carboxylic acids is 3. The molecule has 1 heterocycles. The Morgan fingerprint density at radius 2 is 0.520 bits per heavy atom. The van der Waals surface area contributed by atoms with Gasteiger partial charge in [-0.25, -0.2) is 28.1 Å². The van der Waals surface area contributed by atoms with E-state index in [9.17, 15) is 44.1 Å². The Kier molecular flexibility index (Phi) is 17.3. The predicted octanol–water partition coefficient (Wildman–Crippen LogP) is 11.7. The highest BCUT2D eigenvalue weighted by Gasteiger charge is 2.37. The number of hydrogen-bond acceptors (Lipinski definition) is 12. The van der Waals surface area contributed by atoms with Crippen molar-refractivity contribution in [3.8, 4) is 17.2 Å². The van der Waals surface area contributed by atoms with Crippen LogP contribution in [0.5, 0.6) is 17.2 Å². The van der Waals surface area contributed by atoms with Crippen molar-refractivity contribution in [2.24, 2.45) is 0 Å². The minimum atomic E-state index is -1.69. The second kappa shape index (κ2) is 21.1. The normalized spacial score (nSPS) is 15.4. The lowest BCUT2D eigenvalue weighted by molar-refractivity contribution is -0.156. The molecule has 15 nitrogen and oxygen atoms in total. The Morgan fingerprint density at radius 1 is 0.347 bits per heavy atom. The van der Waals surface area contributed by atoms with Crippen LogP contribution in [-0.4, -0.2) is 46.9 Å². The largest absolute Gasteiger partial charge is 0.508 e. The number of carbonyl (C=O) groups is 3. The molecule has 3 aromatic carbocycles. The standard InChI is InChI=1S/C60H87N3O12/c1-31(37-25-43(58(16,17)18)46(64)28-40(37)55(7,8)9)49(67)73-34(4)61-52(70)62(35(5)74-50(68)32(2)38-26-44(59(19,20)21)47(65)29-41(38)56(10,11)12)54(72)63(53(61)71)36(6)75-51(69)33(3)39-27-45(60(22,23)24)48(66)30-42(39)57(13,14)15/h25-36,64-66H,1-24H3. The van der Waals surface area contributed by atoms with Crippen LogP contribution in [0.3, 0.4) is 0 Å². The van der Waals surface area contributed by atoms with Crippen LogP contribution < -0.4 is 17.1 Å². The van der Waals surface area contributed by atoms with Crippen molar-refractivity contribution in [3.05, 3.63) is 118 Å². The van der Waals surface area contributed by atoms with Gasteiger partial charge in [-0.3, -0.25) is 14.4 Å². The maximum atomic E-state index is 14.8. The molecule has 0 spiro atoms. The van der Waals surface area contributed by atoms with Gasteiger partial charge < -0.3 is 29.5 Å². The second-order valence-electron chi connectivity index (χ2n) is 26.6. The number of aromatic hydroxyl groups is 3. The van der Waals surface area contributed by atoms with Crippen molar-refractivity contribution < 1.29 is 43.9 Å². The zero-order valence-corrected chi connectivity index (χ0v) is 49.3. The predicted molar refractivity (Wildman–Crippen MR) is 293 cm³/mol. The van der Waals surface area contributed by atoms with Crippen molar-refractivity contribution in [1.82, 2.24) is 13.7 Å². The fourth-order valence-electron chi connectivity index (χ4n) is 9.52. The number of nitrogens with zero attached hydrogens (tertiary/aromatic N) is 3. The van der Waals surface area contributed by atoms with E-state index in [1.165, 1.54) is 20.8 Å². The summed E-state index contributed by atoms with van der Waals surface area (Å²) in [5, 5.41) is 33.4. The van der Waals surface area contributed by atoms with E-state index in [-0.39, 0.29) is 17.2 Å². The molecule has 3 N–H and O–H groups in total. The molecule has 0 aliphatic rings. The van der Waals surface area contributed by atoms with Crippen LogP contribution in [0, 0.1) is 0 Å². The number of aromatic nitrogens is 3. The summed E-state index contributed by atoms with van der Waals surface area (Å²) in [5.74, 6) is -5.32. The van der Waals surface area contributed by atoms with Gasteiger partial charge in [-0.2, -0.15) is 0 Å². The van der Waals surface area contributed by atoms with Crippen molar-refractivity contribution >= 4 is 17.9 Å². The highest BCUT2D eigenvalue weighted by atomic mass is 16.6. The van der Waals surface area contributed by atoms with E-state index < -0.39 is 104 Å². The van der Waals surface area contributed by atoms with Gasteiger partial charge in [0.25, 0.3) is 0 Å². The zero-order valence-electron chi connectivity index (χ0n) is 49.3. The Hall–Kier alpha value is -6.12. The van der Waals surface area contributed by atoms with Gasteiger partial charge in [0.1, 0.15) is 17.2 Å². The zero-order chi connectivity index (χ0) is 58.0. The highest BCUT2D eigenvalue weighted by Crippen LogP contribution is 2.43. The van der Waals surface area contributed by atoms with Crippen LogP contribution in [0.4, 0.5) is 0 Å². The number of rotatable bonds is 12. The summed E-state index contributed by atoms with van der Waals surface area (Å²) in [6, 6.07) is 10.2. The number of hydrogen-bond donors (Lipinski definition) is 3. The molecule has 0 aliphatic carbocycles. The molecule has 0 aliphatic heterocycles. The molecule has 0 fully saturated rings. The molecule has 75 heavy (non-hydrogen) atoms. The summed E-state index contributed by atoms with van der Waals surface area (Å²) >= 11 is 0. The van der Waals surface area contributed by atoms with Gasteiger partial charge in [-0.05, 0) is 142 Å². The fourth-order valence-corrected chi connectivity index (χ4v) is 9.52. The summed E-state index contributed by atoms with van der Waals surface area (Å²) < 4.78 is 19.5. The lowest BCUT2D eigenvalue weighted by Crippen LogP contribution is -2.57.